The van der Waals surface area contributed by atoms with E-state index in [1.54, 1.807) is 0 Å². The van der Waals surface area contributed by atoms with Gasteiger partial charge in [0.2, 0.25) is 0 Å². The molecule has 0 unspecified atom stereocenters. The number of anilines is 3. The van der Waals surface area contributed by atoms with E-state index in [4.69, 9.17) is 0 Å². The molecule has 296 valence electrons. The van der Waals surface area contributed by atoms with Crippen molar-refractivity contribution in [3.8, 4) is 39.2 Å². The molecular weight excluding hydrogens is 763 g/mol. The van der Waals surface area contributed by atoms with Crippen molar-refractivity contribution in [2.45, 2.75) is 5.41 Å². The Balaban J connectivity index is 1.02. The molecule has 0 bridgehead atoms. The van der Waals surface area contributed by atoms with Crippen LogP contribution < -0.4 is 4.90 Å². The van der Waals surface area contributed by atoms with Crippen LogP contribution in [-0.4, -0.2) is 9.55 Å². The third-order valence-electron chi connectivity index (χ3n) is 12.9. The maximum absolute atomic E-state index is 4.65. The number of pyridine rings is 1. The predicted molar refractivity (Wildman–Crippen MR) is 261 cm³/mol. The van der Waals surface area contributed by atoms with Crippen LogP contribution in [0.2, 0.25) is 0 Å². The monoisotopic (exact) mass is 803 g/mol. The lowest BCUT2D eigenvalue weighted by Gasteiger charge is -2.35. The number of hydrogen-bond acceptors (Lipinski definition) is 2. The molecule has 0 aliphatic heterocycles. The molecule has 1 aliphatic rings. The molecule has 3 heteroatoms. The molecule has 2 heterocycles. The highest BCUT2D eigenvalue weighted by molar-refractivity contribution is 6.10. The lowest BCUT2D eigenvalue weighted by molar-refractivity contribution is 0.768. The molecular formula is C60H41N3. The maximum atomic E-state index is 4.65. The van der Waals surface area contributed by atoms with E-state index in [0.717, 1.165) is 39.6 Å². The van der Waals surface area contributed by atoms with Gasteiger partial charge in [0, 0.05) is 45.3 Å². The first-order valence-electron chi connectivity index (χ1n) is 21.6. The fraction of sp³-hybridized carbons (Fsp3) is 0.0167. The molecule has 12 rings (SSSR count). The second-order valence-electron chi connectivity index (χ2n) is 16.3. The van der Waals surface area contributed by atoms with Gasteiger partial charge in [-0.15, -0.1) is 0 Å². The molecule has 63 heavy (non-hydrogen) atoms. The Morgan fingerprint density at radius 1 is 0.365 bits per heavy atom. The van der Waals surface area contributed by atoms with Crippen LogP contribution in [0.1, 0.15) is 22.3 Å². The van der Waals surface area contributed by atoms with Gasteiger partial charge >= 0.3 is 0 Å². The van der Waals surface area contributed by atoms with Gasteiger partial charge in [0.05, 0.1) is 22.1 Å². The number of nitrogens with zero attached hydrogens (tertiary/aromatic N) is 3. The summed E-state index contributed by atoms with van der Waals surface area (Å²) in [6.45, 7) is 0. The Kier molecular flexibility index (Phi) is 8.72. The molecule has 2 aromatic heterocycles. The third-order valence-corrected chi connectivity index (χ3v) is 12.9. The highest BCUT2D eigenvalue weighted by Gasteiger charge is 2.46. The van der Waals surface area contributed by atoms with E-state index in [9.17, 15) is 0 Å². The number of para-hydroxylation sites is 2. The minimum atomic E-state index is -0.510. The van der Waals surface area contributed by atoms with Gasteiger partial charge in [0.15, 0.2) is 0 Å². The van der Waals surface area contributed by atoms with Crippen molar-refractivity contribution in [3.63, 3.8) is 0 Å². The van der Waals surface area contributed by atoms with Crippen LogP contribution in [0, 0.1) is 0 Å². The first-order chi connectivity index (χ1) is 31.3. The van der Waals surface area contributed by atoms with Gasteiger partial charge in [-0.2, -0.15) is 0 Å². The average Bonchev–Trinajstić information content (AvgIpc) is 3.86. The van der Waals surface area contributed by atoms with E-state index >= 15 is 0 Å². The molecule has 0 atom stereocenters. The molecule has 9 aromatic carbocycles. The molecule has 11 aromatic rings. The first kappa shape index (κ1) is 36.6. The number of benzene rings is 9. The minimum Gasteiger partial charge on any atom is -0.310 e. The van der Waals surface area contributed by atoms with Crippen molar-refractivity contribution >= 4 is 38.9 Å². The molecule has 0 spiro atoms. The van der Waals surface area contributed by atoms with Gasteiger partial charge < -0.3 is 9.47 Å². The van der Waals surface area contributed by atoms with Crippen molar-refractivity contribution in [1.29, 1.82) is 0 Å². The summed E-state index contributed by atoms with van der Waals surface area (Å²) >= 11 is 0. The van der Waals surface area contributed by atoms with Crippen molar-refractivity contribution in [2.75, 3.05) is 4.90 Å². The van der Waals surface area contributed by atoms with Crippen LogP contribution in [0.5, 0.6) is 0 Å². The molecule has 0 saturated heterocycles. The fourth-order valence-electron chi connectivity index (χ4n) is 10.1. The lowest BCUT2D eigenvalue weighted by Crippen LogP contribution is -2.28. The van der Waals surface area contributed by atoms with Gasteiger partial charge in [-0.3, -0.25) is 4.98 Å². The van der Waals surface area contributed by atoms with Gasteiger partial charge in [-0.25, -0.2) is 0 Å². The number of hydrogen-bond donors (Lipinski definition) is 0. The van der Waals surface area contributed by atoms with Crippen molar-refractivity contribution in [2.24, 2.45) is 0 Å². The largest absolute Gasteiger partial charge is 0.310 e. The Bertz CT molecular complexity index is 3370. The van der Waals surface area contributed by atoms with E-state index in [2.05, 4.69) is 245 Å². The number of rotatable bonds is 8. The summed E-state index contributed by atoms with van der Waals surface area (Å²) in [5.74, 6) is 0. The minimum absolute atomic E-state index is 0.510. The van der Waals surface area contributed by atoms with Gasteiger partial charge in [-0.05, 0) is 117 Å². The van der Waals surface area contributed by atoms with Crippen molar-refractivity contribution in [1.82, 2.24) is 9.55 Å². The summed E-state index contributed by atoms with van der Waals surface area (Å²) in [6, 6.07) is 88.2. The fourth-order valence-corrected chi connectivity index (χ4v) is 10.1. The molecule has 0 fully saturated rings. The van der Waals surface area contributed by atoms with Crippen LogP contribution in [-0.2, 0) is 5.41 Å². The van der Waals surface area contributed by atoms with Crippen LogP contribution in [0.25, 0.3) is 61.0 Å². The van der Waals surface area contributed by atoms with E-state index in [0.29, 0.717) is 0 Å². The number of fused-ring (bicyclic) bond motifs is 6. The average molecular weight is 804 g/mol. The number of aromatic nitrogens is 2. The van der Waals surface area contributed by atoms with Crippen LogP contribution in [0.3, 0.4) is 0 Å². The molecule has 1 aliphatic carbocycles. The van der Waals surface area contributed by atoms with Crippen molar-refractivity contribution in [3.05, 3.63) is 271 Å². The summed E-state index contributed by atoms with van der Waals surface area (Å²) in [5.41, 5.74) is 18.2. The Morgan fingerprint density at radius 2 is 0.921 bits per heavy atom. The molecule has 0 amide bonds. The lowest BCUT2D eigenvalue weighted by atomic mass is 9.67. The molecule has 0 N–H and O–H groups in total. The topological polar surface area (TPSA) is 21.1 Å². The van der Waals surface area contributed by atoms with E-state index in [-0.39, 0.29) is 0 Å². The Hall–Kier alpha value is -8.27. The maximum Gasteiger partial charge on any atom is 0.0714 e. The van der Waals surface area contributed by atoms with Crippen LogP contribution in [0.15, 0.2) is 249 Å². The van der Waals surface area contributed by atoms with Gasteiger partial charge in [-0.1, -0.05) is 170 Å². The Labute approximate surface area is 367 Å². The highest BCUT2D eigenvalue weighted by atomic mass is 15.1. The van der Waals surface area contributed by atoms with Gasteiger partial charge in [0.1, 0.15) is 0 Å². The van der Waals surface area contributed by atoms with E-state index < -0.39 is 5.41 Å². The summed E-state index contributed by atoms with van der Waals surface area (Å²) in [7, 11) is 0. The molecule has 0 saturated carbocycles. The van der Waals surface area contributed by atoms with Crippen molar-refractivity contribution < 1.29 is 0 Å². The van der Waals surface area contributed by atoms with E-state index in [1.165, 1.54) is 60.8 Å². The van der Waals surface area contributed by atoms with Gasteiger partial charge in [0.25, 0.3) is 0 Å². The zero-order valence-corrected chi connectivity index (χ0v) is 34.5. The summed E-state index contributed by atoms with van der Waals surface area (Å²) in [5, 5.41) is 2.50. The summed E-state index contributed by atoms with van der Waals surface area (Å²) in [4.78, 5) is 7.04. The Morgan fingerprint density at radius 3 is 1.62 bits per heavy atom. The molecule has 3 nitrogen and oxygen atoms in total. The predicted octanol–water partition coefficient (Wildman–Crippen LogP) is 15.3. The normalized spacial score (nSPS) is 12.6. The van der Waals surface area contributed by atoms with Crippen LogP contribution >= 0.6 is 0 Å². The quantitative estimate of drug-likeness (QED) is 0.153. The summed E-state index contributed by atoms with van der Waals surface area (Å²) in [6.07, 6.45) is 1.85. The standard InChI is InChI=1S/C60H41N3/c1-4-16-45(17-5-1)60(46-18-6-2-7-19-46)55-24-12-10-22-51(55)52-38-36-50(41-56(52)60)62(49-34-29-43(30-35-49)57-25-14-15-39-61-57)48-32-27-42(28-33-48)44-31-37-54-53-23-11-13-26-58(53)63(59(54)40-44)47-20-8-3-9-21-47/h1-41H. The third kappa shape index (κ3) is 5.93. The second kappa shape index (κ2) is 15.0. The highest BCUT2D eigenvalue weighted by Crippen LogP contribution is 2.57. The SMILES string of the molecule is c1ccc(-n2c3ccccc3c3ccc(-c4ccc(N(c5ccc(-c6ccccn6)cc5)c5ccc6c(c5)C(c5ccccc5)(c5ccccc5)c5ccccc5-6)cc4)cc32)cc1. The zero-order valence-electron chi connectivity index (χ0n) is 34.5. The smallest absolute Gasteiger partial charge is 0.0714 e. The second-order valence-corrected chi connectivity index (χ2v) is 16.3. The molecule has 0 radical (unpaired) electrons. The van der Waals surface area contributed by atoms with Crippen LogP contribution in [0.4, 0.5) is 17.1 Å². The van der Waals surface area contributed by atoms with E-state index in [1.807, 2.05) is 18.3 Å². The zero-order chi connectivity index (χ0) is 41.7. The summed E-state index contributed by atoms with van der Waals surface area (Å²) < 4.78 is 2.38. The first-order valence-corrected chi connectivity index (χ1v) is 21.6.